The summed E-state index contributed by atoms with van der Waals surface area (Å²) < 4.78 is 71.8. The fourth-order valence-corrected chi connectivity index (χ4v) is 3.86. The molecule has 6 nitrogen and oxygen atoms in total. The first-order chi connectivity index (χ1) is 15.0. The van der Waals surface area contributed by atoms with Crippen molar-refractivity contribution in [2.75, 3.05) is 16.6 Å². The lowest BCUT2D eigenvalue weighted by atomic mass is 10.1. The Bertz CT molecular complexity index is 1200. The smallest absolute Gasteiger partial charge is 0.418 e. The van der Waals surface area contributed by atoms with E-state index in [-0.39, 0.29) is 15.7 Å². The maximum atomic E-state index is 13.1. The van der Waals surface area contributed by atoms with Crippen molar-refractivity contribution in [2.45, 2.75) is 11.1 Å². The third-order valence-corrected chi connectivity index (χ3v) is 5.72. The molecular formula is C21H16ClF3N2O4S. The van der Waals surface area contributed by atoms with Gasteiger partial charge in [-0.1, -0.05) is 29.8 Å². The van der Waals surface area contributed by atoms with Gasteiger partial charge in [-0.25, -0.2) is 8.42 Å². The van der Waals surface area contributed by atoms with Crippen LogP contribution in [0.25, 0.3) is 0 Å². The summed E-state index contributed by atoms with van der Waals surface area (Å²) >= 11 is 5.61. The highest BCUT2D eigenvalue weighted by Crippen LogP contribution is 2.36. The lowest BCUT2D eigenvalue weighted by molar-refractivity contribution is -0.137. The standard InChI is InChI=1S/C21H16ClF3N2O4S/c22-14-6-11-19(18(12-14)21(23,24)25)26-20(28)13-31-16-7-9-17(10-8-16)32(29,30)27-15-4-2-1-3-5-15/h1-12,27H,13H2,(H,26,28). The molecule has 0 saturated carbocycles. The number of nitrogens with one attached hydrogen (secondary N) is 2. The molecule has 0 aliphatic carbocycles. The quantitative estimate of drug-likeness (QED) is 0.484. The molecule has 3 aromatic rings. The molecule has 32 heavy (non-hydrogen) atoms. The highest BCUT2D eigenvalue weighted by atomic mass is 35.5. The van der Waals surface area contributed by atoms with Crippen LogP contribution in [-0.2, 0) is 21.0 Å². The predicted octanol–water partition coefficient (Wildman–Crippen LogP) is 5.18. The third-order valence-electron chi connectivity index (χ3n) is 4.09. The highest BCUT2D eigenvalue weighted by molar-refractivity contribution is 7.92. The fourth-order valence-electron chi connectivity index (χ4n) is 2.63. The van der Waals surface area contributed by atoms with Crippen molar-refractivity contribution in [1.29, 1.82) is 0 Å². The predicted molar refractivity (Wildman–Crippen MR) is 114 cm³/mol. The Morgan fingerprint density at radius 2 is 1.62 bits per heavy atom. The molecule has 2 N–H and O–H groups in total. The average molecular weight is 485 g/mol. The zero-order valence-electron chi connectivity index (χ0n) is 16.2. The number of rotatable bonds is 7. The van der Waals surface area contributed by atoms with E-state index in [4.69, 9.17) is 16.3 Å². The number of hydrogen-bond donors (Lipinski definition) is 2. The summed E-state index contributed by atoms with van der Waals surface area (Å²) in [5, 5.41) is 2.01. The first kappa shape index (κ1) is 23.4. The molecule has 0 heterocycles. The average Bonchev–Trinajstić information content (AvgIpc) is 2.73. The van der Waals surface area contributed by atoms with E-state index in [0.29, 0.717) is 11.8 Å². The molecule has 3 rings (SSSR count). The van der Waals surface area contributed by atoms with Crippen LogP contribution in [0.15, 0.2) is 77.7 Å². The van der Waals surface area contributed by atoms with Gasteiger partial charge in [0, 0.05) is 10.7 Å². The molecule has 3 aromatic carbocycles. The van der Waals surface area contributed by atoms with Gasteiger partial charge >= 0.3 is 6.18 Å². The van der Waals surface area contributed by atoms with Gasteiger partial charge in [-0.05, 0) is 54.6 Å². The van der Waals surface area contributed by atoms with E-state index in [9.17, 15) is 26.4 Å². The van der Waals surface area contributed by atoms with Gasteiger partial charge in [-0.15, -0.1) is 0 Å². The Morgan fingerprint density at radius 3 is 2.25 bits per heavy atom. The first-order valence-electron chi connectivity index (χ1n) is 9.02. The van der Waals surface area contributed by atoms with Gasteiger partial charge in [-0.2, -0.15) is 13.2 Å². The molecule has 11 heteroatoms. The summed E-state index contributed by atoms with van der Waals surface area (Å²) in [6.07, 6.45) is -4.70. The zero-order chi connectivity index (χ0) is 23.4. The summed E-state index contributed by atoms with van der Waals surface area (Å²) in [5.41, 5.74) is -1.15. The number of sulfonamides is 1. The van der Waals surface area contributed by atoms with Crippen LogP contribution in [-0.4, -0.2) is 20.9 Å². The van der Waals surface area contributed by atoms with Gasteiger partial charge in [0.1, 0.15) is 5.75 Å². The van der Waals surface area contributed by atoms with Gasteiger partial charge < -0.3 is 10.1 Å². The number of hydrogen-bond acceptors (Lipinski definition) is 4. The van der Waals surface area contributed by atoms with E-state index in [2.05, 4.69) is 10.0 Å². The van der Waals surface area contributed by atoms with E-state index < -0.39 is 40.0 Å². The summed E-state index contributed by atoms with van der Waals surface area (Å²) in [6.45, 7) is -0.589. The Balaban J connectivity index is 1.62. The van der Waals surface area contributed by atoms with Crippen molar-refractivity contribution < 1.29 is 31.1 Å². The largest absolute Gasteiger partial charge is 0.484 e. The van der Waals surface area contributed by atoms with Crippen molar-refractivity contribution >= 4 is 38.9 Å². The summed E-state index contributed by atoms with van der Waals surface area (Å²) in [4.78, 5) is 12.0. The number of amides is 1. The maximum Gasteiger partial charge on any atom is 0.418 e. The van der Waals surface area contributed by atoms with E-state index >= 15 is 0 Å². The molecule has 1 amide bonds. The fraction of sp³-hybridized carbons (Fsp3) is 0.0952. The highest BCUT2D eigenvalue weighted by Gasteiger charge is 2.34. The summed E-state index contributed by atoms with van der Waals surface area (Å²) in [7, 11) is -3.83. The van der Waals surface area contributed by atoms with Crippen molar-refractivity contribution in [1.82, 2.24) is 0 Å². The molecule has 0 saturated heterocycles. The first-order valence-corrected chi connectivity index (χ1v) is 10.9. The minimum Gasteiger partial charge on any atom is -0.484 e. The molecule has 168 valence electrons. The molecule has 0 aromatic heterocycles. The van der Waals surface area contributed by atoms with Crippen molar-refractivity contribution in [2.24, 2.45) is 0 Å². The molecule has 0 aliphatic rings. The Morgan fingerprint density at radius 1 is 0.969 bits per heavy atom. The van der Waals surface area contributed by atoms with E-state index in [0.717, 1.165) is 6.07 Å². The topological polar surface area (TPSA) is 84.5 Å². The monoisotopic (exact) mass is 484 g/mol. The van der Waals surface area contributed by atoms with Gasteiger partial charge in [0.25, 0.3) is 15.9 Å². The normalized spacial score (nSPS) is 11.6. The second-order valence-electron chi connectivity index (χ2n) is 6.47. The van der Waals surface area contributed by atoms with Crippen molar-refractivity contribution in [3.8, 4) is 5.75 Å². The number of anilines is 2. The molecule has 0 atom stereocenters. The van der Waals surface area contributed by atoms with Gasteiger partial charge in [0.15, 0.2) is 6.61 Å². The molecule has 0 unspecified atom stereocenters. The SMILES string of the molecule is O=C(COc1ccc(S(=O)(=O)Nc2ccccc2)cc1)Nc1ccc(Cl)cc1C(F)(F)F. The lowest BCUT2D eigenvalue weighted by Gasteiger charge is -2.14. The minimum atomic E-state index is -4.70. The summed E-state index contributed by atoms with van der Waals surface area (Å²) in [6, 6.07) is 16.5. The molecule has 0 spiro atoms. The van der Waals surface area contributed by atoms with Crippen LogP contribution in [0.5, 0.6) is 5.75 Å². The maximum absolute atomic E-state index is 13.1. The van der Waals surface area contributed by atoms with Gasteiger partial charge in [-0.3, -0.25) is 9.52 Å². The number of benzene rings is 3. The van der Waals surface area contributed by atoms with E-state index in [1.807, 2.05) is 0 Å². The number of alkyl halides is 3. The third kappa shape index (κ3) is 6.14. The van der Waals surface area contributed by atoms with Crippen LogP contribution in [0, 0.1) is 0 Å². The molecule has 0 bridgehead atoms. The molecular weight excluding hydrogens is 469 g/mol. The molecule has 0 fully saturated rings. The van der Waals surface area contributed by atoms with Crippen LogP contribution < -0.4 is 14.8 Å². The second-order valence-corrected chi connectivity index (χ2v) is 8.59. The van der Waals surface area contributed by atoms with Crippen LogP contribution in [0.2, 0.25) is 5.02 Å². The summed E-state index contributed by atoms with van der Waals surface area (Å²) in [5.74, 6) is -0.675. The Hall–Kier alpha value is -3.24. The van der Waals surface area contributed by atoms with Crippen LogP contribution in [0.3, 0.4) is 0 Å². The lowest BCUT2D eigenvalue weighted by Crippen LogP contribution is -2.22. The number of para-hydroxylation sites is 1. The van der Waals surface area contributed by atoms with Crippen molar-refractivity contribution in [3.63, 3.8) is 0 Å². The number of carbonyl (C=O) groups is 1. The van der Waals surface area contributed by atoms with Gasteiger partial charge in [0.2, 0.25) is 0 Å². The van der Waals surface area contributed by atoms with Crippen LogP contribution >= 0.6 is 11.6 Å². The molecule has 0 aliphatic heterocycles. The minimum absolute atomic E-state index is 0.0332. The van der Waals surface area contributed by atoms with E-state index in [1.54, 1.807) is 30.3 Å². The zero-order valence-corrected chi connectivity index (χ0v) is 17.8. The Kier molecular flexibility index (Phi) is 6.95. The molecule has 0 radical (unpaired) electrons. The second kappa shape index (κ2) is 9.49. The number of ether oxygens (including phenoxy) is 1. The van der Waals surface area contributed by atoms with Gasteiger partial charge in [0.05, 0.1) is 16.1 Å². The number of carbonyl (C=O) groups excluding carboxylic acids is 1. The number of halogens is 4. The van der Waals surface area contributed by atoms with Crippen LogP contribution in [0.1, 0.15) is 5.56 Å². The van der Waals surface area contributed by atoms with E-state index in [1.165, 1.54) is 30.3 Å². The van der Waals surface area contributed by atoms with Crippen LogP contribution in [0.4, 0.5) is 24.5 Å². The Labute approximate surface area is 187 Å². The van der Waals surface area contributed by atoms with Crippen molar-refractivity contribution in [3.05, 3.63) is 83.4 Å².